The van der Waals surface area contributed by atoms with Gasteiger partial charge in [-0.25, -0.2) is 0 Å². The first-order valence-electron chi connectivity index (χ1n) is 5.66. The van der Waals surface area contributed by atoms with Crippen LogP contribution in [0.3, 0.4) is 0 Å². The monoisotopic (exact) mass is 182 g/mol. The van der Waals surface area contributed by atoms with Crippen molar-refractivity contribution in [3.8, 4) is 0 Å². The van der Waals surface area contributed by atoms with Gasteiger partial charge in [-0.3, -0.25) is 0 Å². The van der Waals surface area contributed by atoms with E-state index in [-0.39, 0.29) is 5.79 Å². The zero-order valence-electron chi connectivity index (χ0n) is 8.13. The first-order chi connectivity index (χ1) is 6.38. The van der Waals surface area contributed by atoms with Crippen LogP contribution in [-0.2, 0) is 9.47 Å². The lowest BCUT2D eigenvalue weighted by molar-refractivity contribution is -0.154. The van der Waals surface area contributed by atoms with Crippen molar-refractivity contribution in [2.45, 2.75) is 44.3 Å². The maximum Gasteiger partial charge on any atom is 0.169 e. The van der Waals surface area contributed by atoms with Crippen LogP contribution in [-0.4, -0.2) is 19.0 Å². The van der Waals surface area contributed by atoms with Crippen molar-refractivity contribution in [1.29, 1.82) is 0 Å². The average Bonchev–Trinajstić information content (AvgIpc) is 2.72. The molecule has 3 fully saturated rings. The minimum Gasteiger partial charge on any atom is -0.348 e. The fourth-order valence-electron chi connectivity index (χ4n) is 3.44. The topological polar surface area (TPSA) is 18.5 Å². The highest BCUT2D eigenvalue weighted by Crippen LogP contribution is 2.50. The van der Waals surface area contributed by atoms with Gasteiger partial charge in [0.15, 0.2) is 5.79 Å². The van der Waals surface area contributed by atoms with Crippen molar-refractivity contribution in [3.63, 3.8) is 0 Å². The lowest BCUT2D eigenvalue weighted by Crippen LogP contribution is -2.26. The van der Waals surface area contributed by atoms with Gasteiger partial charge >= 0.3 is 0 Å². The van der Waals surface area contributed by atoms with Gasteiger partial charge in [0.2, 0.25) is 0 Å². The molecule has 74 valence electrons. The standard InChI is InChI=1S/C11H18O2/c1-2-4-10-8-11(7-9(10)3-1)12-5-6-13-11/h9-10H,1-8H2. The summed E-state index contributed by atoms with van der Waals surface area (Å²) in [5.41, 5.74) is 0. The average molecular weight is 182 g/mol. The molecule has 1 heterocycles. The third-order valence-corrected chi connectivity index (χ3v) is 4.03. The van der Waals surface area contributed by atoms with Crippen molar-refractivity contribution in [2.24, 2.45) is 11.8 Å². The molecule has 0 radical (unpaired) electrons. The summed E-state index contributed by atoms with van der Waals surface area (Å²) < 4.78 is 11.5. The van der Waals surface area contributed by atoms with Crippen molar-refractivity contribution < 1.29 is 9.47 Å². The predicted octanol–water partition coefficient (Wildman–Crippen LogP) is 2.33. The van der Waals surface area contributed by atoms with Gasteiger partial charge in [0, 0.05) is 12.8 Å². The molecule has 0 bridgehead atoms. The number of hydrogen-bond donors (Lipinski definition) is 0. The van der Waals surface area contributed by atoms with E-state index < -0.39 is 0 Å². The van der Waals surface area contributed by atoms with E-state index >= 15 is 0 Å². The van der Waals surface area contributed by atoms with Crippen LogP contribution in [0.4, 0.5) is 0 Å². The lowest BCUT2D eigenvalue weighted by Gasteiger charge is -2.23. The van der Waals surface area contributed by atoms with E-state index in [1.165, 1.54) is 38.5 Å². The Morgan fingerprint density at radius 1 is 0.846 bits per heavy atom. The molecule has 2 aliphatic carbocycles. The molecule has 2 heteroatoms. The summed E-state index contributed by atoms with van der Waals surface area (Å²) in [5, 5.41) is 0. The van der Waals surface area contributed by atoms with Crippen LogP contribution in [0.15, 0.2) is 0 Å². The van der Waals surface area contributed by atoms with Gasteiger partial charge in [-0.15, -0.1) is 0 Å². The molecule has 3 aliphatic rings. The molecule has 2 unspecified atom stereocenters. The summed E-state index contributed by atoms with van der Waals surface area (Å²) >= 11 is 0. The quantitative estimate of drug-likeness (QED) is 0.572. The summed E-state index contributed by atoms with van der Waals surface area (Å²) in [6.07, 6.45) is 8.04. The fraction of sp³-hybridized carbons (Fsp3) is 1.00. The molecular weight excluding hydrogens is 164 g/mol. The van der Waals surface area contributed by atoms with Gasteiger partial charge in [0.1, 0.15) is 0 Å². The molecule has 0 aromatic carbocycles. The first-order valence-corrected chi connectivity index (χ1v) is 5.66. The van der Waals surface area contributed by atoms with Gasteiger partial charge in [0.25, 0.3) is 0 Å². The smallest absolute Gasteiger partial charge is 0.169 e. The molecule has 0 aromatic heterocycles. The van der Waals surface area contributed by atoms with E-state index in [1.54, 1.807) is 0 Å². The number of fused-ring (bicyclic) bond motifs is 1. The molecule has 0 aromatic rings. The highest BCUT2D eigenvalue weighted by Gasteiger charge is 2.49. The summed E-state index contributed by atoms with van der Waals surface area (Å²) in [6, 6.07) is 0. The van der Waals surface area contributed by atoms with E-state index in [0.717, 1.165) is 25.0 Å². The van der Waals surface area contributed by atoms with Gasteiger partial charge in [0.05, 0.1) is 13.2 Å². The largest absolute Gasteiger partial charge is 0.348 e. The highest BCUT2D eigenvalue weighted by molar-refractivity contribution is 4.93. The summed E-state index contributed by atoms with van der Waals surface area (Å²) in [7, 11) is 0. The maximum atomic E-state index is 5.77. The van der Waals surface area contributed by atoms with Gasteiger partial charge in [-0.2, -0.15) is 0 Å². The summed E-state index contributed by atoms with van der Waals surface area (Å²) in [5.74, 6) is 1.69. The van der Waals surface area contributed by atoms with Crippen molar-refractivity contribution >= 4 is 0 Å². The van der Waals surface area contributed by atoms with E-state index in [4.69, 9.17) is 9.47 Å². The second-order valence-corrected chi connectivity index (χ2v) is 4.82. The minimum atomic E-state index is -0.125. The SMILES string of the molecule is C1CCC2CC3(CC2C1)OCCO3. The molecular formula is C11H18O2. The Bertz CT molecular complexity index is 180. The van der Waals surface area contributed by atoms with Crippen LogP contribution in [0.5, 0.6) is 0 Å². The summed E-state index contributed by atoms with van der Waals surface area (Å²) in [4.78, 5) is 0. The minimum absolute atomic E-state index is 0.125. The van der Waals surface area contributed by atoms with Gasteiger partial charge < -0.3 is 9.47 Å². The van der Waals surface area contributed by atoms with Gasteiger partial charge in [-0.05, 0) is 24.7 Å². The first kappa shape index (κ1) is 8.25. The second kappa shape index (κ2) is 2.96. The fourth-order valence-corrected chi connectivity index (χ4v) is 3.44. The normalized spacial score (nSPS) is 42.5. The lowest BCUT2D eigenvalue weighted by atomic mass is 9.82. The van der Waals surface area contributed by atoms with Crippen LogP contribution < -0.4 is 0 Å². The number of ether oxygens (including phenoxy) is 2. The van der Waals surface area contributed by atoms with Crippen LogP contribution in [0.1, 0.15) is 38.5 Å². The molecule has 0 amide bonds. The van der Waals surface area contributed by atoms with Crippen molar-refractivity contribution in [2.75, 3.05) is 13.2 Å². The molecule has 1 saturated heterocycles. The third-order valence-electron chi connectivity index (χ3n) is 4.03. The molecule has 1 aliphatic heterocycles. The Labute approximate surface area is 79.6 Å². The van der Waals surface area contributed by atoms with Gasteiger partial charge in [-0.1, -0.05) is 12.8 Å². The van der Waals surface area contributed by atoms with Crippen molar-refractivity contribution in [1.82, 2.24) is 0 Å². The van der Waals surface area contributed by atoms with Crippen molar-refractivity contribution in [3.05, 3.63) is 0 Å². The molecule has 0 N–H and O–H groups in total. The molecule has 2 atom stereocenters. The van der Waals surface area contributed by atoms with E-state index in [0.29, 0.717) is 0 Å². The van der Waals surface area contributed by atoms with Crippen LogP contribution in [0.25, 0.3) is 0 Å². The molecule has 13 heavy (non-hydrogen) atoms. The Morgan fingerprint density at radius 2 is 1.38 bits per heavy atom. The van der Waals surface area contributed by atoms with E-state index in [2.05, 4.69) is 0 Å². The molecule has 2 nitrogen and oxygen atoms in total. The molecule has 3 rings (SSSR count). The Balaban J connectivity index is 1.74. The second-order valence-electron chi connectivity index (χ2n) is 4.82. The Morgan fingerprint density at radius 3 is 1.92 bits per heavy atom. The summed E-state index contributed by atoms with van der Waals surface area (Å²) in [6.45, 7) is 1.64. The number of hydrogen-bond acceptors (Lipinski definition) is 2. The van der Waals surface area contributed by atoms with Crippen LogP contribution >= 0.6 is 0 Å². The molecule has 2 saturated carbocycles. The highest BCUT2D eigenvalue weighted by atomic mass is 16.7. The number of rotatable bonds is 0. The zero-order valence-corrected chi connectivity index (χ0v) is 8.13. The Kier molecular flexibility index (Phi) is 1.88. The van der Waals surface area contributed by atoms with E-state index in [1.807, 2.05) is 0 Å². The third kappa shape index (κ3) is 1.31. The van der Waals surface area contributed by atoms with E-state index in [9.17, 15) is 0 Å². The molecule has 1 spiro atoms. The van der Waals surface area contributed by atoms with Crippen LogP contribution in [0, 0.1) is 11.8 Å². The Hall–Kier alpha value is -0.0800. The zero-order chi connectivity index (χ0) is 8.73. The predicted molar refractivity (Wildman–Crippen MR) is 49.3 cm³/mol. The maximum absolute atomic E-state index is 5.77. The van der Waals surface area contributed by atoms with Crippen LogP contribution in [0.2, 0.25) is 0 Å².